The van der Waals surface area contributed by atoms with E-state index in [1.165, 1.54) is 0 Å². The first-order valence-corrected chi connectivity index (χ1v) is 6.26. The number of anilines is 1. The molecule has 1 heterocycles. The molecule has 0 aliphatic rings. The summed E-state index contributed by atoms with van der Waals surface area (Å²) in [6, 6.07) is 14.4. The lowest BCUT2D eigenvalue weighted by Gasteiger charge is -2.08. The number of rotatable bonds is 3. The second-order valence-electron chi connectivity index (χ2n) is 4.37. The summed E-state index contributed by atoms with van der Waals surface area (Å²) in [5.74, 6) is 1.56. The lowest BCUT2D eigenvalue weighted by Crippen LogP contribution is -1.94. The number of hydrogen-bond acceptors (Lipinski definition) is 5. The van der Waals surface area contributed by atoms with Crippen LogP contribution in [0, 0.1) is 11.3 Å². The van der Waals surface area contributed by atoms with Crippen LogP contribution in [0.4, 0.5) is 5.69 Å². The quantitative estimate of drug-likeness (QED) is 0.740. The predicted octanol–water partition coefficient (Wildman–Crippen LogP) is 3.69. The maximum Gasteiger partial charge on any atom is 0.247 e. The Balaban J connectivity index is 2.08. The molecule has 0 fully saturated rings. The van der Waals surface area contributed by atoms with Gasteiger partial charge < -0.3 is 19.6 Å². The van der Waals surface area contributed by atoms with Gasteiger partial charge in [-0.15, -0.1) is 0 Å². The van der Waals surface area contributed by atoms with Crippen LogP contribution in [0.2, 0.25) is 0 Å². The molecule has 0 saturated carbocycles. The van der Waals surface area contributed by atoms with Gasteiger partial charge in [-0.2, -0.15) is 5.26 Å². The highest BCUT2D eigenvalue weighted by Gasteiger charge is 2.17. The number of furan rings is 1. The third-order valence-electron chi connectivity index (χ3n) is 3.08. The average molecular weight is 280 g/mol. The second-order valence-corrected chi connectivity index (χ2v) is 4.37. The van der Waals surface area contributed by atoms with Crippen molar-refractivity contribution < 1.29 is 13.9 Å². The van der Waals surface area contributed by atoms with E-state index < -0.39 is 0 Å². The van der Waals surface area contributed by atoms with Crippen molar-refractivity contribution in [2.24, 2.45) is 0 Å². The van der Waals surface area contributed by atoms with E-state index in [1.807, 2.05) is 24.3 Å². The van der Waals surface area contributed by atoms with Gasteiger partial charge >= 0.3 is 0 Å². The minimum atomic E-state index is 0.117. The van der Waals surface area contributed by atoms with Crippen molar-refractivity contribution >= 4 is 16.7 Å². The molecule has 0 radical (unpaired) electrons. The molecule has 0 bridgehead atoms. The van der Waals surface area contributed by atoms with Crippen LogP contribution in [0.5, 0.6) is 17.2 Å². The maximum atomic E-state index is 9.17. The molecule has 0 aliphatic heterocycles. The number of fused-ring (bicyclic) bond motifs is 1. The lowest BCUT2D eigenvalue weighted by atomic mass is 10.2. The van der Waals surface area contributed by atoms with E-state index in [0.29, 0.717) is 28.5 Å². The minimum absolute atomic E-state index is 0.117. The number of ether oxygens (including phenoxy) is 2. The van der Waals surface area contributed by atoms with Gasteiger partial charge in [0.05, 0.1) is 18.2 Å². The van der Waals surface area contributed by atoms with E-state index in [4.69, 9.17) is 19.6 Å². The zero-order chi connectivity index (χ0) is 14.8. The average Bonchev–Trinajstić information content (AvgIpc) is 2.87. The molecule has 3 aromatic rings. The Morgan fingerprint density at radius 3 is 2.71 bits per heavy atom. The van der Waals surface area contributed by atoms with Crippen LogP contribution in [0.25, 0.3) is 11.0 Å². The zero-order valence-corrected chi connectivity index (χ0v) is 11.3. The minimum Gasteiger partial charge on any atom is -0.497 e. The van der Waals surface area contributed by atoms with Crippen molar-refractivity contribution in [3.05, 3.63) is 48.2 Å². The lowest BCUT2D eigenvalue weighted by molar-refractivity contribution is 0.413. The number of nitrogens with zero attached hydrogens (tertiary/aromatic N) is 1. The molecule has 5 nitrogen and oxygen atoms in total. The Kier molecular flexibility index (Phi) is 3.13. The molecule has 5 heteroatoms. The summed E-state index contributed by atoms with van der Waals surface area (Å²) < 4.78 is 16.3. The van der Waals surface area contributed by atoms with Gasteiger partial charge in [0.25, 0.3) is 0 Å². The highest BCUT2D eigenvalue weighted by molar-refractivity contribution is 5.87. The van der Waals surface area contributed by atoms with Crippen molar-refractivity contribution in [3.8, 4) is 23.3 Å². The number of methoxy groups -OCH3 is 1. The molecular formula is C16H12N2O3. The summed E-state index contributed by atoms with van der Waals surface area (Å²) in [5.41, 5.74) is 6.94. The monoisotopic (exact) mass is 280 g/mol. The van der Waals surface area contributed by atoms with Gasteiger partial charge in [0, 0.05) is 6.07 Å². The summed E-state index contributed by atoms with van der Waals surface area (Å²) in [4.78, 5) is 0. The summed E-state index contributed by atoms with van der Waals surface area (Å²) in [7, 11) is 1.56. The van der Waals surface area contributed by atoms with Gasteiger partial charge in [-0.05, 0) is 24.3 Å². The molecule has 2 aromatic carbocycles. The van der Waals surface area contributed by atoms with Crippen LogP contribution < -0.4 is 15.2 Å². The molecule has 0 spiro atoms. The molecule has 21 heavy (non-hydrogen) atoms. The highest BCUT2D eigenvalue weighted by atomic mass is 16.5. The van der Waals surface area contributed by atoms with Gasteiger partial charge in [-0.25, -0.2) is 0 Å². The Morgan fingerprint density at radius 1 is 1.19 bits per heavy atom. The van der Waals surface area contributed by atoms with E-state index in [2.05, 4.69) is 0 Å². The van der Waals surface area contributed by atoms with Crippen LogP contribution in [0.1, 0.15) is 5.76 Å². The first kappa shape index (κ1) is 12.9. The topological polar surface area (TPSA) is 81.4 Å². The molecule has 104 valence electrons. The van der Waals surface area contributed by atoms with Crippen LogP contribution in [0.3, 0.4) is 0 Å². The van der Waals surface area contributed by atoms with Crippen molar-refractivity contribution in [3.63, 3.8) is 0 Å². The van der Waals surface area contributed by atoms with Gasteiger partial charge in [-0.3, -0.25) is 0 Å². The Morgan fingerprint density at radius 2 is 2.00 bits per heavy atom. The normalized spacial score (nSPS) is 10.3. The summed E-state index contributed by atoms with van der Waals surface area (Å²) in [6.07, 6.45) is 0. The molecule has 2 N–H and O–H groups in total. The second kappa shape index (κ2) is 5.10. The fourth-order valence-electron chi connectivity index (χ4n) is 2.05. The number of nitrogen functional groups attached to an aromatic ring is 1. The molecule has 0 amide bonds. The van der Waals surface area contributed by atoms with Gasteiger partial charge in [0.1, 0.15) is 17.4 Å². The van der Waals surface area contributed by atoms with Crippen LogP contribution in [-0.2, 0) is 0 Å². The van der Waals surface area contributed by atoms with Gasteiger partial charge in [-0.1, -0.05) is 12.1 Å². The van der Waals surface area contributed by atoms with E-state index in [9.17, 15) is 5.26 Å². The Labute approximate surface area is 121 Å². The van der Waals surface area contributed by atoms with Crippen molar-refractivity contribution in [2.75, 3.05) is 12.8 Å². The fourth-order valence-corrected chi connectivity index (χ4v) is 2.05. The Bertz CT molecular complexity index is 846. The van der Waals surface area contributed by atoms with Crippen molar-refractivity contribution in [2.45, 2.75) is 0 Å². The van der Waals surface area contributed by atoms with Crippen LogP contribution in [-0.4, -0.2) is 7.11 Å². The molecule has 0 aliphatic carbocycles. The zero-order valence-electron chi connectivity index (χ0n) is 11.3. The molecule has 0 atom stereocenters. The van der Waals surface area contributed by atoms with E-state index in [0.717, 1.165) is 5.39 Å². The number of nitriles is 1. The van der Waals surface area contributed by atoms with Crippen LogP contribution >= 0.6 is 0 Å². The van der Waals surface area contributed by atoms with E-state index in [1.54, 1.807) is 31.4 Å². The standard InChI is InChI=1S/C16H12N2O3/c1-19-10-6-7-14(12(18)8-10)21-16-11-4-2-3-5-13(11)20-15(16)9-17/h2-8H,18H2,1H3. The van der Waals surface area contributed by atoms with E-state index in [-0.39, 0.29) is 5.76 Å². The number of nitrogens with two attached hydrogens (primary N) is 1. The Hall–Kier alpha value is -3.13. The smallest absolute Gasteiger partial charge is 0.247 e. The molecule has 0 saturated heterocycles. The summed E-state index contributed by atoms with van der Waals surface area (Å²) in [6.45, 7) is 0. The fraction of sp³-hybridized carbons (Fsp3) is 0.0625. The predicted molar refractivity (Wildman–Crippen MR) is 78.4 cm³/mol. The summed E-state index contributed by atoms with van der Waals surface area (Å²) >= 11 is 0. The maximum absolute atomic E-state index is 9.17. The van der Waals surface area contributed by atoms with E-state index >= 15 is 0 Å². The first-order valence-electron chi connectivity index (χ1n) is 6.26. The van der Waals surface area contributed by atoms with Crippen LogP contribution in [0.15, 0.2) is 46.9 Å². The third-order valence-corrected chi connectivity index (χ3v) is 3.08. The molecule has 0 unspecified atom stereocenters. The molecular weight excluding hydrogens is 268 g/mol. The SMILES string of the molecule is COc1ccc(Oc2c(C#N)oc3ccccc23)c(N)c1. The van der Waals surface area contributed by atoms with Crippen molar-refractivity contribution in [1.82, 2.24) is 0 Å². The molecule has 3 rings (SSSR count). The summed E-state index contributed by atoms with van der Waals surface area (Å²) in [5, 5.41) is 9.90. The molecule has 1 aromatic heterocycles. The largest absolute Gasteiger partial charge is 0.497 e. The number of benzene rings is 2. The highest BCUT2D eigenvalue weighted by Crippen LogP contribution is 2.38. The van der Waals surface area contributed by atoms with Gasteiger partial charge in [0.2, 0.25) is 5.76 Å². The van der Waals surface area contributed by atoms with Crippen molar-refractivity contribution in [1.29, 1.82) is 5.26 Å². The van der Waals surface area contributed by atoms with Gasteiger partial charge in [0.15, 0.2) is 11.5 Å². The first-order chi connectivity index (χ1) is 10.2. The third kappa shape index (κ3) is 2.23. The number of para-hydroxylation sites is 1. The number of hydrogen-bond donors (Lipinski definition) is 1.